The van der Waals surface area contributed by atoms with E-state index in [4.69, 9.17) is 11.6 Å². The molecule has 0 spiro atoms. The van der Waals surface area contributed by atoms with Crippen molar-refractivity contribution in [2.24, 2.45) is 5.92 Å². The number of halogens is 3. The fourth-order valence-electron chi connectivity index (χ4n) is 2.55. The molecule has 0 radical (unpaired) electrons. The lowest BCUT2D eigenvalue weighted by Crippen LogP contribution is -1.98. The zero-order chi connectivity index (χ0) is 12.3. The van der Waals surface area contributed by atoms with Crippen molar-refractivity contribution in [3.8, 4) is 0 Å². The van der Waals surface area contributed by atoms with Gasteiger partial charge in [-0.3, -0.25) is 0 Å². The van der Waals surface area contributed by atoms with Crippen LogP contribution in [-0.4, -0.2) is 0 Å². The van der Waals surface area contributed by atoms with Gasteiger partial charge in [-0.05, 0) is 36.5 Å². The third-order valence-corrected chi connectivity index (χ3v) is 4.08. The largest absolute Gasteiger partial charge is 0.204 e. The monoisotopic (exact) mass is 258 g/mol. The fourth-order valence-corrected chi connectivity index (χ4v) is 2.82. The lowest BCUT2D eigenvalue weighted by molar-refractivity contribution is 0.477. The highest BCUT2D eigenvalue weighted by Gasteiger charge is 2.17. The molecular weight excluding hydrogens is 242 g/mol. The third kappa shape index (κ3) is 3.41. The van der Waals surface area contributed by atoms with Gasteiger partial charge in [0.25, 0.3) is 0 Å². The van der Waals surface area contributed by atoms with Crippen molar-refractivity contribution in [3.05, 3.63) is 35.4 Å². The Hall–Kier alpha value is -0.630. The Labute approximate surface area is 106 Å². The van der Waals surface area contributed by atoms with Gasteiger partial charge in [0.1, 0.15) is 0 Å². The van der Waals surface area contributed by atoms with Crippen molar-refractivity contribution in [1.29, 1.82) is 0 Å². The average Bonchev–Trinajstić information content (AvgIpc) is 2.82. The summed E-state index contributed by atoms with van der Waals surface area (Å²) in [7, 11) is 0. The van der Waals surface area contributed by atoms with Gasteiger partial charge >= 0.3 is 0 Å². The molecule has 0 aromatic heterocycles. The molecule has 1 aromatic carbocycles. The maximum Gasteiger partial charge on any atom is 0.159 e. The molecule has 1 aliphatic rings. The maximum absolute atomic E-state index is 13.0. The van der Waals surface area contributed by atoms with Crippen molar-refractivity contribution >= 4 is 11.6 Å². The third-order valence-electron chi connectivity index (χ3n) is 3.61. The summed E-state index contributed by atoms with van der Waals surface area (Å²) in [4.78, 5) is 0. The zero-order valence-corrected chi connectivity index (χ0v) is 10.5. The van der Waals surface area contributed by atoms with Crippen LogP contribution in [0.15, 0.2) is 18.2 Å². The molecule has 0 N–H and O–H groups in total. The molecule has 94 valence electrons. The van der Waals surface area contributed by atoms with E-state index in [-0.39, 0.29) is 5.38 Å². The normalized spacial score (nSPS) is 18.5. The van der Waals surface area contributed by atoms with Crippen LogP contribution in [0.2, 0.25) is 0 Å². The van der Waals surface area contributed by atoms with E-state index in [0.717, 1.165) is 24.8 Å². The lowest BCUT2D eigenvalue weighted by atomic mass is 9.98. The summed E-state index contributed by atoms with van der Waals surface area (Å²) in [6.07, 6.45) is 7.17. The van der Waals surface area contributed by atoms with E-state index in [1.807, 2.05) is 0 Å². The van der Waals surface area contributed by atoms with Gasteiger partial charge in [0.05, 0.1) is 5.38 Å². The topological polar surface area (TPSA) is 0 Å². The van der Waals surface area contributed by atoms with Crippen molar-refractivity contribution in [1.82, 2.24) is 0 Å². The van der Waals surface area contributed by atoms with Crippen molar-refractivity contribution in [2.45, 2.75) is 43.9 Å². The molecule has 1 aliphatic carbocycles. The molecule has 0 amide bonds. The average molecular weight is 259 g/mol. The number of hydrogen-bond acceptors (Lipinski definition) is 0. The van der Waals surface area contributed by atoms with Gasteiger partial charge in [0, 0.05) is 0 Å². The minimum atomic E-state index is -0.812. The predicted molar refractivity (Wildman–Crippen MR) is 66.1 cm³/mol. The highest BCUT2D eigenvalue weighted by Crippen LogP contribution is 2.34. The molecule has 1 fully saturated rings. The number of alkyl halides is 1. The summed E-state index contributed by atoms with van der Waals surface area (Å²) in [6.45, 7) is 0. The van der Waals surface area contributed by atoms with E-state index < -0.39 is 11.6 Å². The quantitative estimate of drug-likeness (QED) is 0.650. The van der Waals surface area contributed by atoms with E-state index in [1.165, 1.54) is 31.7 Å². The summed E-state index contributed by atoms with van der Waals surface area (Å²) < 4.78 is 25.8. The SMILES string of the molecule is Fc1ccc(C(Cl)CCC2CCCC2)cc1F. The van der Waals surface area contributed by atoms with Crippen molar-refractivity contribution in [2.75, 3.05) is 0 Å². The van der Waals surface area contributed by atoms with Crippen LogP contribution in [0.4, 0.5) is 8.78 Å². The van der Waals surface area contributed by atoms with Crippen LogP contribution in [-0.2, 0) is 0 Å². The van der Waals surface area contributed by atoms with E-state index in [1.54, 1.807) is 6.07 Å². The highest BCUT2D eigenvalue weighted by molar-refractivity contribution is 6.20. The van der Waals surface area contributed by atoms with Gasteiger partial charge < -0.3 is 0 Å². The summed E-state index contributed by atoms with van der Waals surface area (Å²) >= 11 is 6.22. The van der Waals surface area contributed by atoms with Gasteiger partial charge in [-0.2, -0.15) is 0 Å². The molecule has 1 atom stereocenters. The molecule has 0 bridgehead atoms. The molecule has 1 saturated carbocycles. The first kappa shape index (κ1) is 12.8. The summed E-state index contributed by atoms with van der Waals surface area (Å²) in [6, 6.07) is 3.93. The number of rotatable bonds is 4. The first-order valence-corrected chi connectivity index (χ1v) is 6.69. The summed E-state index contributed by atoms with van der Waals surface area (Å²) in [5.41, 5.74) is 0.684. The van der Waals surface area contributed by atoms with Gasteiger partial charge in [-0.25, -0.2) is 8.78 Å². The number of hydrogen-bond donors (Lipinski definition) is 0. The zero-order valence-electron chi connectivity index (χ0n) is 9.76. The van der Waals surface area contributed by atoms with Crippen LogP contribution in [0.25, 0.3) is 0 Å². The smallest absolute Gasteiger partial charge is 0.159 e. The Morgan fingerprint density at radius 2 is 1.88 bits per heavy atom. The van der Waals surface area contributed by atoms with E-state index in [0.29, 0.717) is 5.56 Å². The van der Waals surface area contributed by atoms with Crippen LogP contribution < -0.4 is 0 Å². The molecule has 3 heteroatoms. The van der Waals surface area contributed by atoms with Gasteiger partial charge in [0.15, 0.2) is 11.6 Å². The van der Waals surface area contributed by atoms with Gasteiger partial charge in [0.2, 0.25) is 0 Å². The second kappa shape index (κ2) is 5.81. The van der Waals surface area contributed by atoms with E-state index in [2.05, 4.69) is 0 Å². The Balaban J connectivity index is 1.89. The lowest BCUT2D eigenvalue weighted by Gasteiger charge is -2.13. The fraction of sp³-hybridized carbons (Fsp3) is 0.571. The molecular formula is C14H17ClF2. The van der Waals surface area contributed by atoms with E-state index in [9.17, 15) is 8.78 Å². The van der Waals surface area contributed by atoms with Crippen molar-refractivity contribution in [3.63, 3.8) is 0 Å². The minimum absolute atomic E-state index is 0.203. The second-order valence-corrected chi connectivity index (χ2v) is 5.40. The van der Waals surface area contributed by atoms with Gasteiger partial charge in [-0.1, -0.05) is 31.7 Å². The molecule has 17 heavy (non-hydrogen) atoms. The van der Waals surface area contributed by atoms with Crippen LogP contribution in [0.1, 0.15) is 49.5 Å². The second-order valence-electron chi connectivity index (χ2n) is 4.87. The number of benzene rings is 1. The van der Waals surface area contributed by atoms with E-state index >= 15 is 0 Å². The molecule has 2 rings (SSSR count). The molecule has 1 unspecified atom stereocenters. The van der Waals surface area contributed by atoms with Crippen LogP contribution in [0.5, 0.6) is 0 Å². The first-order valence-electron chi connectivity index (χ1n) is 6.26. The maximum atomic E-state index is 13.0. The Morgan fingerprint density at radius 3 is 2.53 bits per heavy atom. The highest BCUT2D eigenvalue weighted by atomic mass is 35.5. The van der Waals surface area contributed by atoms with Crippen molar-refractivity contribution < 1.29 is 8.78 Å². The molecule has 0 nitrogen and oxygen atoms in total. The summed E-state index contributed by atoms with van der Waals surface area (Å²) in [5.74, 6) is -0.844. The first-order chi connectivity index (χ1) is 8.16. The standard InChI is InChI=1S/C14H17ClF2/c15-12(7-5-10-3-1-2-4-10)11-6-8-13(16)14(17)9-11/h6,8-10,12H,1-5,7H2. The Morgan fingerprint density at radius 1 is 1.18 bits per heavy atom. The predicted octanol–water partition coefficient (Wildman–Crippen LogP) is 5.22. The molecule has 1 aromatic rings. The van der Waals surface area contributed by atoms with Crippen LogP contribution in [0, 0.1) is 17.6 Å². The molecule has 0 saturated heterocycles. The van der Waals surface area contributed by atoms with Crippen LogP contribution >= 0.6 is 11.6 Å². The Kier molecular flexibility index (Phi) is 4.38. The summed E-state index contributed by atoms with van der Waals surface area (Å²) in [5, 5.41) is -0.203. The minimum Gasteiger partial charge on any atom is -0.204 e. The van der Waals surface area contributed by atoms with Crippen LogP contribution in [0.3, 0.4) is 0 Å². The Bertz CT molecular complexity index is 372. The van der Waals surface area contributed by atoms with Gasteiger partial charge in [-0.15, -0.1) is 11.6 Å². The molecule has 0 aliphatic heterocycles. The molecule has 0 heterocycles.